The molecule has 6 nitrogen and oxygen atoms in total. The highest BCUT2D eigenvalue weighted by atomic mass is 19.4. The molecule has 0 saturated heterocycles. The second kappa shape index (κ2) is 11.1. The van der Waals surface area contributed by atoms with Gasteiger partial charge in [-0.1, -0.05) is 30.3 Å². The van der Waals surface area contributed by atoms with Crippen molar-refractivity contribution in [2.45, 2.75) is 25.6 Å². The number of carboxylic acids is 1. The number of alkyl halides is 3. The van der Waals surface area contributed by atoms with E-state index in [1.54, 1.807) is 29.5 Å². The zero-order valence-corrected chi connectivity index (χ0v) is 21.9. The molecular formula is C31H22F5N3O3. The van der Waals surface area contributed by atoms with E-state index < -0.39 is 41.3 Å². The van der Waals surface area contributed by atoms with Gasteiger partial charge in [0.15, 0.2) is 11.6 Å². The minimum atomic E-state index is -4.48. The summed E-state index contributed by atoms with van der Waals surface area (Å²) in [6.45, 7) is 1.71. The average molecular weight is 580 g/mol. The van der Waals surface area contributed by atoms with Crippen LogP contribution < -0.4 is 5.32 Å². The van der Waals surface area contributed by atoms with Crippen molar-refractivity contribution >= 4 is 17.5 Å². The van der Waals surface area contributed by atoms with Crippen molar-refractivity contribution in [3.8, 4) is 11.1 Å². The predicted octanol–water partition coefficient (Wildman–Crippen LogP) is 7.08. The van der Waals surface area contributed by atoms with Crippen LogP contribution in [0.2, 0.25) is 0 Å². The fourth-order valence-corrected chi connectivity index (χ4v) is 4.60. The second-order valence-electron chi connectivity index (χ2n) is 9.70. The van der Waals surface area contributed by atoms with Crippen LogP contribution in [-0.2, 0) is 12.6 Å². The van der Waals surface area contributed by atoms with Gasteiger partial charge in [0.05, 0.1) is 17.2 Å². The van der Waals surface area contributed by atoms with Gasteiger partial charge in [0.1, 0.15) is 11.3 Å². The Bertz CT molecular complexity index is 1800. The van der Waals surface area contributed by atoms with Gasteiger partial charge in [-0.2, -0.15) is 13.2 Å². The average Bonchev–Trinajstić information content (AvgIpc) is 3.36. The summed E-state index contributed by atoms with van der Waals surface area (Å²) in [4.78, 5) is 29.2. The maximum Gasteiger partial charge on any atom is 0.416 e. The van der Waals surface area contributed by atoms with Crippen molar-refractivity contribution in [2.24, 2.45) is 0 Å². The van der Waals surface area contributed by atoms with E-state index in [-0.39, 0.29) is 17.7 Å². The number of imidazole rings is 1. The van der Waals surface area contributed by atoms with Crippen LogP contribution in [-0.4, -0.2) is 26.4 Å². The summed E-state index contributed by atoms with van der Waals surface area (Å²) >= 11 is 0. The number of benzene rings is 3. The van der Waals surface area contributed by atoms with Gasteiger partial charge in [0, 0.05) is 18.3 Å². The Hall–Kier alpha value is -5.06. The topological polar surface area (TPSA) is 83.7 Å². The molecule has 0 spiro atoms. The highest BCUT2D eigenvalue weighted by Crippen LogP contribution is 2.30. The highest BCUT2D eigenvalue weighted by molar-refractivity contribution is 5.95. The molecule has 0 aliphatic carbocycles. The summed E-state index contributed by atoms with van der Waals surface area (Å²) in [6, 6.07) is 16.5. The Balaban J connectivity index is 1.54. The summed E-state index contributed by atoms with van der Waals surface area (Å²) in [6.07, 6.45) is -2.84. The normalized spacial score (nSPS) is 12.3. The van der Waals surface area contributed by atoms with E-state index in [4.69, 9.17) is 5.11 Å². The lowest BCUT2D eigenvalue weighted by Crippen LogP contribution is -2.28. The number of pyridine rings is 1. The largest absolute Gasteiger partial charge is 0.478 e. The number of nitrogens with one attached hydrogen (secondary N) is 1. The van der Waals surface area contributed by atoms with Gasteiger partial charge in [0.2, 0.25) is 0 Å². The molecule has 1 atom stereocenters. The number of hydrogen-bond acceptors (Lipinski definition) is 3. The number of rotatable bonds is 7. The summed E-state index contributed by atoms with van der Waals surface area (Å²) < 4.78 is 68.3. The van der Waals surface area contributed by atoms with Crippen molar-refractivity contribution in [1.29, 1.82) is 0 Å². The molecule has 2 N–H and O–H groups in total. The van der Waals surface area contributed by atoms with Crippen molar-refractivity contribution in [3.63, 3.8) is 0 Å². The zero-order chi connectivity index (χ0) is 30.2. The van der Waals surface area contributed by atoms with Crippen molar-refractivity contribution in [3.05, 3.63) is 130 Å². The summed E-state index contributed by atoms with van der Waals surface area (Å²) in [5.41, 5.74) is 2.08. The number of carboxylic acid groups (broad SMARTS) is 1. The SMILES string of the molecule is C[C@H](NC(=O)c1cc(-c2ccc(F)c(F)c2)cc2ncc(Cc3ccc(C(F)(F)F)cc3)n12)c1ccc(C(=O)O)cc1. The van der Waals surface area contributed by atoms with Crippen molar-refractivity contribution in [2.75, 3.05) is 0 Å². The lowest BCUT2D eigenvalue weighted by molar-refractivity contribution is -0.137. The predicted molar refractivity (Wildman–Crippen MR) is 144 cm³/mol. The molecule has 0 aliphatic rings. The number of carbonyl (C=O) groups excluding carboxylic acids is 1. The van der Waals surface area contributed by atoms with Gasteiger partial charge in [-0.05, 0) is 77.7 Å². The third-order valence-corrected chi connectivity index (χ3v) is 6.84. The molecule has 42 heavy (non-hydrogen) atoms. The maximum atomic E-state index is 14.0. The number of halogens is 5. The smallest absolute Gasteiger partial charge is 0.416 e. The molecule has 1 amide bonds. The van der Waals surface area contributed by atoms with Gasteiger partial charge in [-0.15, -0.1) is 0 Å². The molecule has 0 fully saturated rings. The fourth-order valence-electron chi connectivity index (χ4n) is 4.60. The Kier molecular flexibility index (Phi) is 7.51. The molecule has 0 saturated carbocycles. The Labute approximate surface area is 236 Å². The number of fused-ring (bicyclic) bond motifs is 1. The standard InChI is InChI=1S/C31H22F5N3O3/c1-17(19-4-6-20(7-5-19)30(41)42)38-29(40)27-14-22(21-8-11-25(32)26(33)13-21)15-28-37-16-24(39(27)28)12-18-2-9-23(10-3-18)31(34,35)36/h2-11,13-17H,12H2,1H3,(H,38,40)(H,41,42)/t17-/m0/s1. The Morgan fingerprint density at radius 3 is 2.21 bits per heavy atom. The monoisotopic (exact) mass is 579 g/mol. The lowest BCUT2D eigenvalue weighted by atomic mass is 10.0. The van der Waals surface area contributed by atoms with E-state index in [0.29, 0.717) is 33.6 Å². The number of amides is 1. The second-order valence-corrected chi connectivity index (χ2v) is 9.70. The number of nitrogens with zero attached hydrogens (tertiary/aromatic N) is 2. The van der Waals surface area contributed by atoms with Crippen LogP contribution in [0.25, 0.3) is 16.8 Å². The first-order valence-electron chi connectivity index (χ1n) is 12.7. The van der Waals surface area contributed by atoms with Crippen LogP contribution in [0.15, 0.2) is 85.1 Å². The summed E-state index contributed by atoms with van der Waals surface area (Å²) in [7, 11) is 0. The van der Waals surface area contributed by atoms with Crippen LogP contribution in [0.3, 0.4) is 0 Å². The molecule has 0 bridgehead atoms. The van der Waals surface area contributed by atoms with Gasteiger partial charge in [-0.3, -0.25) is 9.20 Å². The third-order valence-electron chi connectivity index (χ3n) is 6.84. The maximum absolute atomic E-state index is 14.0. The fraction of sp³-hybridized carbons (Fsp3) is 0.129. The molecule has 5 rings (SSSR count). The van der Waals surface area contributed by atoms with Gasteiger partial charge in [0.25, 0.3) is 5.91 Å². The van der Waals surface area contributed by atoms with Crippen LogP contribution in [0, 0.1) is 11.6 Å². The van der Waals surface area contributed by atoms with E-state index in [9.17, 15) is 31.5 Å². The van der Waals surface area contributed by atoms with Crippen LogP contribution in [0.5, 0.6) is 0 Å². The Morgan fingerprint density at radius 2 is 1.60 bits per heavy atom. The zero-order valence-electron chi connectivity index (χ0n) is 21.9. The van der Waals surface area contributed by atoms with Gasteiger partial charge < -0.3 is 10.4 Å². The third kappa shape index (κ3) is 5.85. The van der Waals surface area contributed by atoms with Crippen LogP contribution in [0.4, 0.5) is 22.0 Å². The highest BCUT2D eigenvalue weighted by Gasteiger charge is 2.30. The molecule has 2 aromatic heterocycles. The van der Waals surface area contributed by atoms with Crippen molar-refractivity contribution in [1.82, 2.24) is 14.7 Å². The van der Waals surface area contributed by atoms with Crippen LogP contribution in [0.1, 0.15) is 56.2 Å². The van der Waals surface area contributed by atoms with Crippen LogP contribution >= 0.6 is 0 Å². The summed E-state index contributed by atoms with van der Waals surface area (Å²) in [5.74, 6) is -3.73. The molecule has 3 aromatic carbocycles. The molecule has 0 radical (unpaired) electrons. The molecular weight excluding hydrogens is 557 g/mol. The van der Waals surface area contributed by atoms with E-state index in [2.05, 4.69) is 10.3 Å². The van der Waals surface area contributed by atoms with E-state index >= 15 is 0 Å². The quantitative estimate of drug-likeness (QED) is 0.202. The minimum absolute atomic E-state index is 0.0875. The first-order chi connectivity index (χ1) is 19.9. The molecule has 0 unspecified atom stereocenters. The molecule has 0 aliphatic heterocycles. The first-order valence-corrected chi connectivity index (χ1v) is 12.7. The van der Waals surface area contributed by atoms with Gasteiger partial charge >= 0.3 is 12.1 Å². The minimum Gasteiger partial charge on any atom is -0.478 e. The number of aromatic carboxylic acids is 1. The number of hydrogen-bond donors (Lipinski definition) is 2. The van der Waals surface area contributed by atoms with E-state index in [0.717, 1.165) is 24.3 Å². The van der Waals surface area contributed by atoms with E-state index in [1.807, 2.05) is 0 Å². The Morgan fingerprint density at radius 1 is 0.905 bits per heavy atom. The first kappa shape index (κ1) is 28.5. The summed E-state index contributed by atoms with van der Waals surface area (Å²) in [5, 5.41) is 12.0. The number of carbonyl (C=O) groups is 2. The number of aromatic nitrogens is 2. The lowest BCUT2D eigenvalue weighted by Gasteiger charge is -2.17. The van der Waals surface area contributed by atoms with E-state index in [1.165, 1.54) is 42.6 Å². The molecule has 11 heteroatoms. The molecule has 214 valence electrons. The molecule has 5 aromatic rings. The van der Waals surface area contributed by atoms with Gasteiger partial charge in [-0.25, -0.2) is 18.6 Å². The molecule has 2 heterocycles. The van der Waals surface area contributed by atoms with Crippen molar-refractivity contribution < 1.29 is 36.6 Å².